The molecule has 0 fully saturated rings. The Hall–Kier alpha value is -0.740. The van der Waals surface area contributed by atoms with E-state index in [1.54, 1.807) is 11.3 Å². The van der Waals surface area contributed by atoms with Crippen LogP contribution in [0.2, 0.25) is 4.34 Å². The van der Waals surface area contributed by atoms with Crippen LogP contribution in [0.1, 0.15) is 25.1 Å². The first-order valence-corrected chi connectivity index (χ1v) is 7.05. The highest BCUT2D eigenvalue weighted by Gasteiger charge is 1.98. The Balaban J connectivity index is 2.17. The molecule has 0 atom stereocenters. The fourth-order valence-corrected chi connectivity index (χ4v) is 2.39. The smallest absolute Gasteiger partial charge is 0.188 e. The number of thiophene rings is 1. The van der Waals surface area contributed by atoms with E-state index in [9.17, 15) is 0 Å². The number of nitrogens with two attached hydrogens (primary N) is 1. The first kappa shape index (κ1) is 14.3. The fraction of sp³-hybridized carbons (Fsp3) is 0.583. The molecule has 0 radical (unpaired) electrons. The minimum Gasteiger partial charge on any atom is -0.370 e. The molecule has 1 heterocycles. The molecule has 3 nitrogen and oxygen atoms in total. The molecule has 0 saturated heterocycles. The lowest BCUT2D eigenvalue weighted by Crippen LogP contribution is -2.33. The molecular formula is C12H20ClN3S. The van der Waals surface area contributed by atoms with Gasteiger partial charge in [-0.25, -0.2) is 0 Å². The summed E-state index contributed by atoms with van der Waals surface area (Å²) in [6.45, 7) is 5.95. The van der Waals surface area contributed by atoms with Crippen LogP contribution in [0.4, 0.5) is 0 Å². The van der Waals surface area contributed by atoms with Crippen LogP contribution < -0.4 is 11.1 Å². The SMILES string of the molecule is CC(C)CCN=C(N)NCCc1ccc(Cl)s1. The zero-order valence-electron chi connectivity index (χ0n) is 10.4. The van der Waals surface area contributed by atoms with Crippen molar-refractivity contribution in [2.24, 2.45) is 16.6 Å². The zero-order valence-corrected chi connectivity index (χ0v) is 11.9. The summed E-state index contributed by atoms with van der Waals surface area (Å²) in [4.78, 5) is 5.52. The van der Waals surface area contributed by atoms with Gasteiger partial charge < -0.3 is 11.1 Å². The number of rotatable bonds is 6. The fourth-order valence-electron chi connectivity index (χ4n) is 1.30. The molecule has 0 aliphatic heterocycles. The molecule has 0 aliphatic carbocycles. The Morgan fingerprint density at radius 3 is 2.88 bits per heavy atom. The Labute approximate surface area is 112 Å². The number of nitrogens with zero attached hydrogens (tertiary/aromatic N) is 1. The third kappa shape index (κ3) is 6.54. The monoisotopic (exact) mass is 273 g/mol. The largest absolute Gasteiger partial charge is 0.370 e. The lowest BCUT2D eigenvalue weighted by Gasteiger charge is -2.05. The molecule has 0 unspecified atom stereocenters. The maximum Gasteiger partial charge on any atom is 0.188 e. The highest BCUT2D eigenvalue weighted by molar-refractivity contribution is 7.16. The van der Waals surface area contributed by atoms with Gasteiger partial charge in [-0.15, -0.1) is 11.3 Å². The Morgan fingerprint density at radius 1 is 1.53 bits per heavy atom. The van der Waals surface area contributed by atoms with Gasteiger partial charge in [-0.05, 0) is 30.9 Å². The highest BCUT2D eigenvalue weighted by atomic mass is 35.5. The van der Waals surface area contributed by atoms with Crippen LogP contribution in [-0.2, 0) is 6.42 Å². The van der Waals surface area contributed by atoms with E-state index in [-0.39, 0.29) is 0 Å². The van der Waals surface area contributed by atoms with Gasteiger partial charge in [0, 0.05) is 18.0 Å². The number of nitrogens with one attached hydrogen (secondary N) is 1. The van der Waals surface area contributed by atoms with Gasteiger partial charge in [0.1, 0.15) is 0 Å². The van der Waals surface area contributed by atoms with Crippen molar-refractivity contribution in [2.75, 3.05) is 13.1 Å². The van der Waals surface area contributed by atoms with E-state index in [0.29, 0.717) is 11.9 Å². The molecule has 3 N–H and O–H groups in total. The minimum atomic E-state index is 0.535. The number of aliphatic imine (C=N–C) groups is 1. The third-order valence-electron chi connectivity index (χ3n) is 2.29. The summed E-state index contributed by atoms with van der Waals surface area (Å²) in [6, 6.07) is 3.96. The van der Waals surface area contributed by atoms with Crippen LogP contribution in [0.15, 0.2) is 17.1 Å². The third-order valence-corrected chi connectivity index (χ3v) is 3.59. The van der Waals surface area contributed by atoms with Crippen molar-refractivity contribution in [3.8, 4) is 0 Å². The van der Waals surface area contributed by atoms with E-state index in [2.05, 4.69) is 24.2 Å². The highest BCUT2D eigenvalue weighted by Crippen LogP contribution is 2.21. The summed E-state index contributed by atoms with van der Waals surface area (Å²) in [7, 11) is 0. The molecule has 0 amide bonds. The lowest BCUT2D eigenvalue weighted by atomic mass is 10.1. The van der Waals surface area contributed by atoms with E-state index < -0.39 is 0 Å². The first-order valence-electron chi connectivity index (χ1n) is 5.86. The van der Waals surface area contributed by atoms with Gasteiger partial charge in [0.25, 0.3) is 0 Å². The molecule has 0 spiro atoms. The summed E-state index contributed by atoms with van der Waals surface area (Å²) in [5.74, 6) is 1.20. The molecule has 1 aromatic rings. The molecule has 17 heavy (non-hydrogen) atoms. The number of halogens is 1. The molecule has 0 aliphatic rings. The molecule has 96 valence electrons. The quantitative estimate of drug-likeness (QED) is 0.619. The normalized spacial score (nSPS) is 12.1. The van der Waals surface area contributed by atoms with E-state index in [1.807, 2.05) is 12.1 Å². The zero-order chi connectivity index (χ0) is 12.7. The van der Waals surface area contributed by atoms with Crippen molar-refractivity contribution in [1.82, 2.24) is 5.32 Å². The van der Waals surface area contributed by atoms with Crippen LogP contribution >= 0.6 is 22.9 Å². The Morgan fingerprint density at radius 2 is 2.29 bits per heavy atom. The second-order valence-corrected chi connectivity index (χ2v) is 6.13. The van der Waals surface area contributed by atoms with Crippen LogP contribution in [0.3, 0.4) is 0 Å². The lowest BCUT2D eigenvalue weighted by molar-refractivity contribution is 0.595. The number of hydrogen-bond acceptors (Lipinski definition) is 2. The van der Waals surface area contributed by atoms with E-state index in [1.165, 1.54) is 4.88 Å². The van der Waals surface area contributed by atoms with E-state index >= 15 is 0 Å². The van der Waals surface area contributed by atoms with Gasteiger partial charge in [-0.2, -0.15) is 0 Å². The summed E-state index contributed by atoms with van der Waals surface area (Å²) in [5, 5.41) is 3.11. The topological polar surface area (TPSA) is 50.4 Å². The van der Waals surface area contributed by atoms with Crippen LogP contribution in [0.5, 0.6) is 0 Å². The van der Waals surface area contributed by atoms with Crippen molar-refractivity contribution >= 4 is 28.9 Å². The number of hydrogen-bond donors (Lipinski definition) is 2. The average molecular weight is 274 g/mol. The maximum atomic E-state index is 5.85. The molecular weight excluding hydrogens is 254 g/mol. The van der Waals surface area contributed by atoms with Crippen molar-refractivity contribution in [1.29, 1.82) is 0 Å². The second kappa shape index (κ2) is 7.56. The summed E-state index contributed by atoms with van der Waals surface area (Å²) < 4.78 is 0.832. The Kier molecular flexibility index (Phi) is 6.37. The van der Waals surface area contributed by atoms with Crippen LogP contribution in [-0.4, -0.2) is 19.0 Å². The molecule has 1 rings (SSSR count). The van der Waals surface area contributed by atoms with Crippen molar-refractivity contribution in [2.45, 2.75) is 26.7 Å². The van der Waals surface area contributed by atoms with Crippen molar-refractivity contribution < 1.29 is 0 Å². The minimum absolute atomic E-state index is 0.535. The molecule has 0 saturated carbocycles. The van der Waals surface area contributed by atoms with Gasteiger partial charge >= 0.3 is 0 Å². The average Bonchev–Trinajstić information content (AvgIpc) is 2.63. The van der Waals surface area contributed by atoms with Crippen LogP contribution in [0, 0.1) is 5.92 Å². The van der Waals surface area contributed by atoms with E-state index in [0.717, 1.165) is 30.3 Å². The Bertz CT molecular complexity index is 360. The van der Waals surface area contributed by atoms with Crippen LogP contribution in [0.25, 0.3) is 0 Å². The predicted octanol–water partition coefficient (Wildman–Crippen LogP) is 2.89. The molecule has 5 heteroatoms. The van der Waals surface area contributed by atoms with Crippen molar-refractivity contribution in [3.63, 3.8) is 0 Å². The maximum absolute atomic E-state index is 5.85. The molecule has 0 aromatic carbocycles. The number of guanidine groups is 1. The van der Waals surface area contributed by atoms with Gasteiger partial charge in [-0.1, -0.05) is 25.4 Å². The van der Waals surface area contributed by atoms with Crippen molar-refractivity contribution in [3.05, 3.63) is 21.3 Å². The van der Waals surface area contributed by atoms with Gasteiger partial charge in [0.2, 0.25) is 0 Å². The first-order chi connectivity index (χ1) is 8.08. The van der Waals surface area contributed by atoms with Gasteiger partial charge in [-0.3, -0.25) is 4.99 Å². The van der Waals surface area contributed by atoms with Gasteiger partial charge in [0.15, 0.2) is 5.96 Å². The summed E-state index contributed by atoms with van der Waals surface area (Å²) in [6.07, 6.45) is 2.00. The summed E-state index contributed by atoms with van der Waals surface area (Å²) >= 11 is 7.46. The standard InChI is InChI=1S/C12H20ClN3S/c1-9(2)5-7-15-12(14)16-8-6-10-3-4-11(13)17-10/h3-4,9H,5-8H2,1-2H3,(H3,14,15,16). The molecule has 0 bridgehead atoms. The second-order valence-electron chi connectivity index (χ2n) is 4.33. The summed E-state index contributed by atoms with van der Waals surface area (Å²) in [5.41, 5.74) is 5.75. The molecule has 1 aromatic heterocycles. The van der Waals surface area contributed by atoms with E-state index in [4.69, 9.17) is 17.3 Å². The predicted molar refractivity (Wildman–Crippen MR) is 77.0 cm³/mol. The van der Waals surface area contributed by atoms with Gasteiger partial charge in [0.05, 0.1) is 4.34 Å².